The monoisotopic (exact) mass is 975 g/mol. The predicted octanol–water partition coefficient (Wildman–Crippen LogP) is 16.5. The highest BCUT2D eigenvalue weighted by molar-refractivity contribution is 7.25. The molecule has 0 unspecified atom stereocenters. The van der Waals surface area contributed by atoms with Crippen molar-refractivity contribution in [3.8, 4) is 11.4 Å². The summed E-state index contributed by atoms with van der Waals surface area (Å²) in [4.78, 5) is 2.25. The normalized spacial score (nSPS) is 19.5. The van der Waals surface area contributed by atoms with Gasteiger partial charge in [-0.1, -0.05) is 141 Å². The molecule has 3 aromatic heterocycles. The lowest BCUT2D eigenvalue weighted by molar-refractivity contribution is 0.590. The third-order valence-corrected chi connectivity index (χ3v) is 14.9. The first-order valence-electron chi connectivity index (χ1n) is 37.5. The second-order valence-electron chi connectivity index (χ2n) is 21.6. The van der Waals surface area contributed by atoms with Crippen molar-refractivity contribution >= 4 is 132 Å². The van der Waals surface area contributed by atoms with E-state index in [1.807, 2.05) is 0 Å². The summed E-state index contributed by atoms with van der Waals surface area (Å²) in [6, 6.07) is -19.4. The molecule has 0 saturated carbocycles. The van der Waals surface area contributed by atoms with Crippen molar-refractivity contribution in [1.29, 1.82) is 0 Å². The third-order valence-electron chi connectivity index (χ3n) is 13.9. The third kappa shape index (κ3) is 5.64. The summed E-state index contributed by atoms with van der Waals surface area (Å²) in [5, 5.41) is -1.60. The van der Waals surface area contributed by atoms with E-state index in [4.69, 9.17) is 6.85 Å². The molecule has 0 aliphatic carbocycles. The Bertz CT molecular complexity index is 5960. The Kier molecular flexibility index (Phi) is 4.49. The van der Waals surface area contributed by atoms with Crippen molar-refractivity contribution in [2.45, 2.75) is 78.6 Å². The van der Waals surface area contributed by atoms with Gasteiger partial charge in [0, 0.05) is 70.2 Å². The van der Waals surface area contributed by atoms with E-state index in [2.05, 4.69) is 0 Å². The highest BCUT2D eigenvalue weighted by Crippen LogP contribution is 2.53. The predicted molar refractivity (Wildman–Crippen MR) is 312 cm³/mol. The Hall–Kier alpha value is -7.54. The van der Waals surface area contributed by atoms with E-state index < -0.39 is 236 Å². The molecular weight excluding hydrogens is 892 g/mol. The first-order chi connectivity index (χ1) is 46.3. The summed E-state index contributed by atoms with van der Waals surface area (Å²) < 4.78 is 278. The minimum absolute atomic E-state index is 0.0379. The number of hydrogen-bond donors (Lipinski definition) is 0. The molecule has 15 rings (SSSR count). The number of anilines is 6. The van der Waals surface area contributed by atoms with Gasteiger partial charge < -0.3 is 18.9 Å². The fourth-order valence-corrected chi connectivity index (χ4v) is 11.4. The highest BCUT2D eigenvalue weighted by atomic mass is 32.1. The van der Waals surface area contributed by atoms with Crippen LogP contribution in [0, 0.1) is 0 Å². The first kappa shape index (κ1) is 22.9. The van der Waals surface area contributed by atoms with Crippen LogP contribution in [0.25, 0.3) is 75.2 Å². The zero-order chi connectivity index (χ0) is 73.3. The van der Waals surface area contributed by atoms with Crippen LogP contribution in [0.3, 0.4) is 0 Å². The van der Waals surface area contributed by atoms with Gasteiger partial charge in [-0.2, -0.15) is 0 Å². The number of nitrogens with zero attached hydrogens (tertiary/aromatic N) is 4. The molecule has 6 heteroatoms. The van der Waals surface area contributed by atoms with Crippen LogP contribution in [0.2, 0.25) is 0 Å². The van der Waals surface area contributed by atoms with Crippen LogP contribution >= 0.6 is 11.3 Å². The van der Waals surface area contributed by atoms with Crippen LogP contribution < -0.4 is 26.2 Å². The number of aromatic nitrogens is 2. The van der Waals surface area contributed by atoms with E-state index in [9.17, 15) is 31.5 Å². The number of benzene rings is 9. The van der Waals surface area contributed by atoms with Gasteiger partial charge >= 0.3 is 0 Å². The van der Waals surface area contributed by atoms with Crippen LogP contribution in [0.1, 0.15) is 117 Å². The van der Waals surface area contributed by atoms with Crippen LogP contribution in [-0.2, 0) is 16.2 Å². The average Bonchev–Trinajstić information content (AvgIpc) is 1.15. The number of hydrogen-bond acceptors (Lipinski definition) is 3. The Morgan fingerprint density at radius 1 is 0.389 bits per heavy atom. The standard InChI is InChI=1S/C66H55BN4S/c1-64(2,3)38-24-29-52-46(32-38)47-33-39(65(4,5)6)25-30-53(47)68(52)42-26-28-49-56(37-42)69(41-27-31-60-48(36-41)44-17-11-13-23-59(44)72-60)57-34-40(66(7,8)9)35-58-61(57)67(49)50-19-15-22-55-63(50)71(58)54-21-14-18-45-43-16-10-12-20-51(43)70(55)62(45)54/h10-37H,1-9H3/i10D,11D,12D,13D,14D,15D,16D,17D,18D,19D,20D,21D,22D,23D,24D,25D,26D,27D,28D,29D,30D,31D,32D,33D,34D,35D,36D,37D. The van der Waals surface area contributed by atoms with E-state index in [1.54, 1.807) is 62.3 Å². The topological polar surface area (TPSA) is 16.3 Å². The molecular formula is C66H55BN4S. The van der Waals surface area contributed by atoms with Crippen LogP contribution in [-0.4, -0.2) is 15.8 Å². The molecule has 72 heavy (non-hydrogen) atoms. The largest absolute Gasteiger partial charge is 0.311 e. The minimum atomic E-state index is -1.94. The van der Waals surface area contributed by atoms with E-state index in [0.29, 0.717) is 11.3 Å². The Balaban J connectivity index is 1.25. The van der Waals surface area contributed by atoms with Crippen LogP contribution in [0.5, 0.6) is 0 Å². The Labute approximate surface area is 464 Å². The molecule has 0 atom stereocenters. The molecule has 6 heterocycles. The fraction of sp³-hybridized carbons (Fsp3) is 0.182. The molecule has 3 aliphatic heterocycles. The van der Waals surface area contributed by atoms with Gasteiger partial charge in [-0.3, -0.25) is 0 Å². The Morgan fingerprint density at radius 3 is 1.71 bits per heavy atom. The molecule has 348 valence electrons. The summed E-state index contributed by atoms with van der Waals surface area (Å²) >= 11 is 0.699. The Morgan fingerprint density at radius 2 is 0.986 bits per heavy atom. The maximum absolute atomic E-state index is 11.2. The van der Waals surface area contributed by atoms with Gasteiger partial charge in [-0.05, 0) is 140 Å². The van der Waals surface area contributed by atoms with Crippen molar-refractivity contribution in [3.05, 3.63) is 186 Å². The minimum Gasteiger partial charge on any atom is -0.311 e. The average molecular weight is 975 g/mol. The summed E-state index contributed by atoms with van der Waals surface area (Å²) in [6.45, 7) is 13.2. The molecule has 9 aromatic carbocycles. The molecule has 3 aliphatic rings. The zero-order valence-corrected chi connectivity index (χ0v) is 41.1. The molecule has 0 saturated heterocycles. The van der Waals surface area contributed by atoms with Gasteiger partial charge in [0.25, 0.3) is 6.71 Å². The lowest BCUT2D eigenvalue weighted by Gasteiger charge is -2.47. The first-order valence-corrected chi connectivity index (χ1v) is 24.3. The van der Waals surface area contributed by atoms with Gasteiger partial charge in [-0.25, -0.2) is 0 Å². The van der Waals surface area contributed by atoms with Gasteiger partial charge in [0.1, 0.15) is 0 Å². The van der Waals surface area contributed by atoms with Crippen molar-refractivity contribution in [3.63, 3.8) is 0 Å². The van der Waals surface area contributed by atoms with E-state index in [-0.39, 0.29) is 98.4 Å². The molecule has 0 amide bonds. The number of rotatable bonds is 2. The molecule has 0 bridgehead atoms. The summed E-state index contributed by atoms with van der Waals surface area (Å²) in [7, 11) is 0. The number of fused-ring (bicyclic) bond motifs is 15. The molecule has 12 aromatic rings. The van der Waals surface area contributed by atoms with Crippen molar-refractivity contribution in [2.24, 2.45) is 0 Å². The van der Waals surface area contributed by atoms with E-state index in [0.717, 1.165) is 14.0 Å². The second kappa shape index (κ2) is 14.1. The van der Waals surface area contributed by atoms with Gasteiger partial charge in [0.15, 0.2) is 0 Å². The smallest absolute Gasteiger partial charge is 0.252 e. The zero-order valence-electron chi connectivity index (χ0n) is 68.3. The maximum atomic E-state index is 11.2. The summed E-state index contributed by atoms with van der Waals surface area (Å²) in [5.74, 6) is 0. The summed E-state index contributed by atoms with van der Waals surface area (Å²) in [5.41, 5.74) is -10.3. The summed E-state index contributed by atoms with van der Waals surface area (Å²) in [6.07, 6.45) is 0. The quantitative estimate of drug-likeness (QED) is 0.161. The van der Waals surface area contributed by atoms with E-state index in [1.165, 1.54) is 4.90 Å². The van der Waals surface area contributed by atoms with Crippen molar-refractivity contribution in [2.75, 3.05) is 9.80 Å². The fourth-order valence-electron chi connectivity index (χ4n) is 10.4. The lowest BCUT2D eigenvalue weighted by Crippen LogP contribution is -2.62. The molecule has 0 spiro atoms. The van der Waals surface area contributed by atoms with Crippen molar-refractivity contribution in [1.82, 2.24) is 9.13 Å². The van der Waals surface area contributed by atoms with Gasteiger partial charge in [0.2, 0.25) is 0 Å². The number of thiophene rings is 1. The lowest BCUT2D eigenvalue weighted by atomic mass is 9.33. The SMILES string of the molecule is [2H]c1c([2H])c2c3c(c1[2H])-n1c4c([2H])c([2H])c([2H])c([2H])c4c4c([2H])c([2H])c([2H])c(c41)N3c1c([2H])c(C(C)(C)C)c([2H])c3c1B2c1c([2H])c([2H])c(-n2c4c([2H])c([2H])c(C(C)(C)C)c([2H])c4c4c([2H])c(C(C)(C)C)c([2H])c([2H])c42)c([2H])c1N3c1c([2H])c([2H])c2sc3c([2H])c([2H])c([2H])c([2H])c3c2c1[2H]. The molecule has 0 fully saturated rings. The second-order valence-corrected chi connectivity index (χ2v) is 22.6. The molecule has 4 nitrogen and oxygen atoms in total. The molecule has 0 N–H and O–H groups in total. The van der Waals surface area contributed by atoms with Crippen molar-refractivity contribution < 1.29 is 38.4 Å². The van der Waals surface area contributed by atoms with Gasteiger partial charge in [0.05, 0.1) is 77.5 Å². The highest BCUT2D eigenvalue weighted by Gasteiger charge is 2.47. The van der Waals surface area contributed by atoms with E-state index >= 15 is 0 Å². The number of para-hydroxylation sites is 3. The van der Waals surface area contributed by atoms with Crippen LogP contribution in [0.4, 0.5) is 34.1 Å². The van der Waals surface area contributed by atoms with Crippen LogP contribution in [0.15, 0.2) is 169 Å². The maximum Gasteiger partial charge on any atom is 0.252 e. The van der Waals surface area contributed by atoms with Gasteiger partial charge in [-0.15, -0.1) is 11.3 Å². The molecule has 0 radical (unpaired) electrons.